The molecule has 0 aliphatic heterocycles. The summed E-state index contributed by atoms with van der Waals surface area (Å²) in [4.78, 5) is 13.8. The average Bonchev–Trinajstić information content (AvgIpc) is 3.34. The zero-order valence-corrected chi connectivity index (χ0v) is 16.7. The number of aromatic nitrogens is 2. The van der Waals surface area contributed by atoms with Crippen molar-refractivity contribution >= 4 is 17.3 Å². The van der Waals surface area contributed by atoms with Gasteiger partial charge in [0.2, 0.25) is 5.89 Å². The van der Waals surface area contributed by atoms with Crippen LogP contribution in [0.1, 0.15) is 43.1 Å². The van der Waals surface area contributed by atoms with E-state index in [1.165, 1.54) is 0 Å². The number of benzene rings is 1. The highest BCUT2D eigenvalue weighted by Gasteiger charge is 2.08. The Morgan fingerprint density at radius 1 is 1.19 bits per heavy atom. The molecule has 0 atom stereocenters. The molecule has 0 saturated carbocycles. The number of aliphatic imine (C=N–C) groups is 1. The zero-order valence-electron chi connectivity index (χ0n) is 15.9. The summed E-state index contributed by atoms with van der Waals surface area (Å²) < 4.78 is 5.57. The van der Waals surface area contributed by atoms with Crippen molar-refractivity contribution in [1.29, 1.82) is 0 Å². The fourth-order valence-corrected chi connectivity index (χ4v) is 3.32. The molecule has 6 nitrogen and oxygen atoms in total. The van der Waals surface area contributed by atoms with E-state index in [9.17, 15) is 0 Å². The van der Waals surface area contributed by atoms with E-state index in [0.717, 1.165) is 34.5 Å². The van der Waals surface area contributed by atoms with Crippen LogP contribution in [0.5, 0.6) is 0 Å². The normalized spacial score (nSPS) is 11.8. The van der Waals surface area contributed by atoms with Gasteiger partial charge < -0.3 is 15.1 Å². The summed E-state index contributed by atoms with van der Waals surface area (Å²) in [5.74, 6) is 1.80. The molecule has 1 aromatic carbocycles. The van der Waals surface area contributed by atoms with Crippen molar-refractivity contribution in [3.05, 3.63) is 58.4 Å². The van der Waals surface area contributed by atoms with Crippen LogP contribution in [0.4, 0.5) is 0 Å². The van der Waals surface area contributed by atoms with Gasteiger partial charge in [0.25, 0.3) is 0 Å². The number of oxazole rings is 1. The molecular weight excluding hydrogens is 358 g/mol. The summed E-state index contributed by atoms with van der Waals surface area (Å²) in [7, 11) is 0. The first-order chi connectivity index (χ1) is 13.2. The van der Waals surface area contributed by atoms with Crippen molar-refractivity contribution in [2.45, 2.75) is 39.8 Å². The zero-order chi connectivity index (χ0) is 19.1. The number of hydrogen-bond donors (Lipinski definition) is 2. The van der Waals surface area contributed by atoms with Crippen LogP contribution in [-0.2, 0) is 13.1 Å². The standard InChI is InChI=1S/C20H25N5OS/c1-4-21-20(23-11-18-25-17(13-27-18)14(2)3)22-10-16-12-26-19(24-16)15-8-6-5-7-9-15/h5-9,12-14H,4,10-11H2,1-3H3,(H2,21,22,23). The van der Waals surface area contributed by atoms with Gasteiger partial charge in [0, 0.05) is 17.5 Å². The maximum atomic E-state index is 5.57. The second kappa shape index (κ2) is 9.32. The third kappa shape index (κ3) is 5.40. The molecule has 2 aromatic heterocycles. The lowest BCUT2D eigenvalue weighted by Crippen LogP contribution is -2.36. The fraction of sp³-hybridized carbons (Fsp3) is 0.350. The largest absolute Gasteiger partial charge is 0.444 e. The molecule has 27 heavy (non-hydrogen) atoms. The molecular formula is C20H25N5OS. The number of rotatable bonds is 7. The Morgan fingerprint density at radius 3 is 2.70 bits per heavy atom. The van der Waals surface area contributed by atoms with Crippen LogP contribution in [0.2, 0.25) is 0 Å². The van der Waals surface area contributed by atoms with Crippen molar-refractivity contribution in [1.82, 2.24) is 20.6 Å². The first kappa shape index (κ1) is 19.1. The van der Waals surface area contributed by atoms with E-state index >= 15 is 0 Å². The van der Waals surface area contributed by atoms with Crippen LogP contribution in [-0.4, -0.2) is 22.5 Å². The van der Waals surface area contributed by atoms with Crippen molar-refractivity contribution in [3.8, 4) is 11.5 Å². The van der Waals surface area contributed by atoms with Gasteiger partial charge in [-0.2, -0.15) is 0 Å². The Labute approximate surface area is 163 Å². The maximum Gasteiger partial charge on any atom is 0.226 e. The van der Waals surface area contributed by atoms with E-state index in [-0.39, 0.29) is 0 Å². The molecule has 0 aliphatic rings. The Kier molecular flexibility index (Phi) is 6.59. The molecule has 0 amide bonds. The lowest BCUT2D eigenvalue weighted by molar-refractivity contribution is 0.572. The second-order valence-electron chi connectivity index (χ2n) is 6.38. The third-order valence-corrected chi connectivity index (χ3v) is 4.75. The minimum atomic E-state index is 0.445. The number of nitrogens with one attached hydrogen (secondary N) is 2. The van der Waals surface area contributed by atoms with Crippen LogP contribution in [0.3, 0.4) is 0 Å². The highest BCUT2D eigenvalue weighted by Crippen LogP contribution is 2.19. The number of thiazole rings is 1. The topological polar surface area (TPSA) is 75.3 Å². The maximum absolute atomic E-state index is 5.57. The Hall–Kier alpha value is -2.67. The van der Waals surface area contributed by atoms with Crippen LogP contribution >= 0.6 is 11.3 Å². The predicted molar refractivity (Wildman–Crippen MR) is 110 cm³/mol. The van der Waals surface area contributed by atoms with Crippen LogP contribution in [0, 0.1) is 0 Å². The molecule has 3 aromatic rings. The third-order valence-electron chi connectivity index (χ3n) is 3.88. The van der Waals surface area contributed by atoms with E-state index in [4.69, 9.17) is 4.42 Å². The van der Waals surface area contributed by atoms with E-state index in [1.54, 1.807) is 17.6 Å². The summed E-state index contributed by atoms with van der Waals surface area (Å²) >= 11 is 1.67. The van der Waals surface area contributed by atoms with Gasteiger partial charge in [-0.15, -0.1) is 11.3 Å². The summed E-state index contributed by atoms with van der Waals surface area (Å²) in [6.45, 7) is 8.23. The number of hydrogen-bond acceptors (Lipinski definition) is 5. The molecule has 0 fully saturated rings. The molecule has 2 N–H and O–H groups in total. The monoisotopic (exact) mass is 383 g/mol. The van der Waals surface area contributed by atoms with Crippen molar-refractivity contribution in [2.75, 3.05) is 6.54 Å². The van der Waals surface area contributed by atoms with Gasteiger partial charge in [0.15, 0.2) is 5.96 Å². The van der Waals surface area contributed by atoms with E-state index < -0.39 is 0 Å². The lowest BCUT2D eigenvalue weighted by atomic mass is 10.2. The highest BCUT2D eigenvalue weighted by molar-refractivity contribution is 7.09. The summed E-state index contributed by atoms with van der Waals surface area (Å²) in [5.41, 5.74) is 2.89. The van der Waals surface area contributed by atoms with Gasteiger partial charge in [0.05, 0.1) is 18.8 Å². The predicted octanol–water partition coefficient (Wildman–Crippen LogP) is 4.18. The molecule has 0 radical (unpaired) electrons. The number of nitrogens with zero attached hydrogens (tertiary/aromatic N) is 3. The molecule has 0 aliphatic carbocycles. The Bertz CT molecular complexity index is 869. The number of guanidine groups is 1. The van der Waals surface area contributed by atoms with Gasteiger partial charge >= 0.3 is 0 Å². The minimum absolute atomic E-state index is 0.445. The summed E-state index contributed by atoms with van der Waals surface area (Å²) in [6, 6.07) is 9.86. The van der Waals surface area contributed by atoms with Gasteiger partial charge in [-0.05, 0) is 25.0 Å². The van der Waals surface area contributed by atoms with Gasteiger partial charge in [-0.1, -0.05) is 32.0 Å². The first-order valence-electron chi connectivity index (χ1n) is 9.12. The van der Waals surface area contributed by atoms with Crippen LogP contribution in [0.15, 0.2) is 51.4 Å². The highest BCUT2D eigenvalue weighted by atomic mass is 32.1. The SMILES string of the molecule is CCNC(=NCc1coc(-c2ccccc2)n1)NCc1nc(C(C)C)cs1. The van der Waals surface area contributed by atoms with Crippen LogP contribution in [0.25, 0.3) is 11.5 Å². The molecule has 0 bridgehead atoms. The van der Waals surface area contributed by atoms with Crippen molar-refractivity contribution < 1.29 is 4.42 Å². The van der Waals surface area contributed by atoms with E-state index in [1.807, 2.05) is 37.3 Å². The smallest absolute Gasteiger partial charge is 0.226 e. The quantitative estimate of drug-likeness (QED) is 0.473. The molecule has 0 spiro atoms. The molecule has 3 rings (SSSR count). The Morgan fingerprint density at radius 2 is 2.00 bits per heavy atom. The van der Waals surface area contributed by atoms with Crippen LogP contribution < -0.4 is 10.6 Å². The van der Waals surface area contributed by atoms with Crippen molar-refractivity contribution in [3.63, 3.8) is 0 Å². The molecule has 7 heteroatoms. The fourth-order valence-electron chi connectivity index (χ4n) is 2.43. The van der Waals surface area contributed by atoms with Gasteiger partial charge in [-0.3, -0.25) is 0 Å². The van der Waals surface area contributed by atoms with E-state index in [0.29, 0.717) is 24.9 Å². The van der Waals surface area contributed by atoms with Crippen molar-refractivity contribution in [2.24, 2.45) is 4.99 Å². The summed E-state index contributed by atoms with van der Waals surface area (Å²) in [6.07, 6.45) is 1.66. The molecule has 0 saturated heterocycles. The first-order valence-corrected chi connectivity index (χ1v) is 10.00. The molecule has 142 valence electrons. The lowest BCUT2D eigenvalue weighted by Gasteiger charge is -2.09. The average molecular weight is 384 g/mol. The minimum Gasteiger partial charge on any atom is -0.444 e. The van der Waals surface area contributed by atoms with Gasteiger partial charge in [0.1, 0.15) is 17.0 Å². The van der Waals surface area contributed by atoms with E-state index in [2.05, 4.69) is 44.8 Å². The molecule has 2 heterocycles. The second-order valence-corrected chi connectivity index (χ2v) is 7.32. The van der Waals surface area contributed by atoms with Gasteiger partial charge in [-0.25, -0.2) is 15.0 Å². The Balaban J connectivity index is 1.61. The summed E-state index contributed by atoms with van der Waals surface area (Å²) in [5, 5.41) is 9.75. The molecule has 0 unspecified atom stereocenters.